The third kappa shape index (κ3) is 2.02. The van der Waals surface area contributed by atoms with Gasteiger partial charge in [-0.05, 0) is 43.4 Å². The standard InChI is InChI=1S/C10H17BrO/c11-8-10(3-4-10)7-9-1-5-12-6-2-9/h9H,1-8H2. The van der Waals surface area contributed by atoms with Gasteiger partial charge in [-0.2, -0.15) is 0 Å². The van der Waals surface area contributed by atoms with Gasteiger partial charge in [0.05, 0.1) is 0 Å². The van der Waals surface area contributed by atoms with Gasteiger partial charge in [-0.25, -0.2) is 0 Å². The molecule has 0 aromatic heterocycles. The average Bonchev–Trinajstić information content (AvgIpc) is 2.88. The lowest BCUT2D eigenvalue weighted by Crippen LogP contribution is -2.19. The fourth-order valence-corrected chi connectivity index (χ4v) is 2.92. The molecule has 0 atom stereocenters. The smallest absolute Gasteiger partial charge is 0.0468 e. The maximum atomic E-state index is 5.36. The van der Waals surface area contributed by atoms with Crippen molar-refractivity contribution in [2.24, 2.45) is 11.3 Å². The van der Waals surface area contributed by atoms with Crippen molar-refractivity contribution >= 4 is 15.9 Å². The van der Waals surface area contributed by atoms with Gasteiger partial charge in [0.2, 0.25) is 0 Å². The Morgan fingerprint density at radius 2 is 1.92 bits per heavy atom. The van der Waals surface area contributed by atoms with Crippen molar-refractivity contribution in [2.45, 2.75) is 32.1 Å². The number of alkyl halides is 1. The van der Waals surface area contributed by atoms with Crippen LogP contribution in [0, 0.1) is 11.3 Å². The molecule has 1 saturated heterocycles. The summed E-state index contributed by atoms with van der Waals surface area (Å²) in [4.78, 5) is 0. The van der Waals surface area contributed by atoms with Crippen LogP contribution in [-0.4, -0.2) is 18.5 Å². The Labute approximate surface area is 83.0 Å². The highest BCUT2D eigenvalue weighted by atomic mass is 79.9. The molecular weight excluding hydrogens is 216 g/mol. The van der Waals surface area contributed by atoms with Gasteiger partial charge >= 0.3 is 0 Å². The van der Waals surface area contributed by atoms with Gasteiger partial charge < -0.3 is 4.74 Å². The largest absolute Gasteiger partial charge is 0.381 e. The van der Waals surface area contributed by atoms with E-state index in [1.165, 1.54) is 37.4 Å². The summed E-state index contributed by atoms with van der Waals surface area (Å²) in [6, 6.07) is 0. The molecule has 2 rings (SSSR count). The van der Waals surface area contributed by atoms with E-state index in [0.29, 0.717) is 5.41 Å². The van der Waals surface area contributed by atoms with E-state index in [2.05, 4.69) is 15.9 Å². The number of ether oxygens (including phenoxy) is 1. The van der Waals surface area contributed by atoms with Crippen molar-refractivity contribution in [3.8, 4) is 0 Å². The van der Waals surface area contributed by atoms with E-state index in [4.69, 9.17) is 4.74 Å². The molecular formula is C10H17BrO. The minimum Gasteiger partial charge on any atom is -0.381 e. The first-order chi connectivity index (χ1) is 5.85. The monoisotopic (exact) mass is 232 g/mol. The molecule has 0 bridgehead atoms. The normalized spacial score (nSPS) is 28.8. The highest BCUT2D eigenvalue weighted by molar-refractivity contribution is 9.09. The molecule has 1 aliphatic heterocycles. The Morgan fingerprint density at radius 1 is 1.25 bits per heavy atom. The number of halogens is 1. The van der Waals surface area contributed by atoms with Gasteiger partial charge in [0.1, 0.15) is 0 Å². The predicted molar refractivity (Wildman–Crippen MR) is 53.6 cm³/mol. The first kappa shape index (κ1) is 9.01. The minimum absolute atomic E-state index is 0.710. The molecule has 70 valence electrons. The minimum atomic E-state index is 0.710. The van der Waals surface area contributed by atoms with Crippen LogP contribution in [0.4, 0.5) is 0 Å². The van der Waals surface area contributed by atoms with Crippen LogP contribution in [0.15, 0.2) is 0 Å². The highest BCUT2D eigenvalue weighted by Gasteiger charge is 2.42. The summed E-state index contributed by atoms with van der Waals surface area (Å²) in [5, 5.41) is 1.22. The SMILES string of the molecule is BrCC1(CC2CCOCC2)CC1. The number of hydrogen-bond acceptors (Lipinski definition) is 1. The van der Waals surface area contributed by atoms with E-state index in [9.17, 15) is 0 Å². The molecule has 1 nitrogen and oxygen atoms in total. The zero-order valence-corrected chi connectivity index (χ0v) is 9.11. The molecule has 0 unspecified atom stereocenters. The van der Waals surface area contributed by atoms with E-state index >= 15 is 0 Å². The summed E-state index contributed by atoms with van der Waals surface area (Å²) in [5.74, 6) is 0.957. The van der Waals surface area contributed by atoms with Crippen LogP contribution in [0.3, 0.4) is 0 Å². The van der Waals surface area contributed by atoms with E-state index < -0.39 is 0 Å². The Morgan fingerprint density at radius 3 is 2.42 bits per heavy atom. The second kappa shape index (κ2) is 3.67. The van der Waals surface area contributed by atoms with Gasteiger partial charge in [0.25, 0.3) is 0 Å². The second-order valence-corrected chi connectivity index (χ2v) is 4.95. The van der Waals surface area contributed by atoms with Crippen LogP contribution >= 0.6 is 15.9 Å². The topological polar surface area (TPSA) is 9.23 Å². The Hall–Kier alpha value is 0.440. The Balaban J connectivity index is 1.77. The van der Waals surface area contributed by atoms with E-state index in [1.54, 1.807) is 0 Å². The molecule has 0 amide bonds. The van der Waals surface area contributed by atoms with E-state index in [1.807, 2.05) is 0 Å². The van der Waals surface area contributed by atoms with Crippen LogP contribution in [0.2, 0.25) is 0 Å². The summed E-state index contributed by atoms with van der Waals surface area (Å²) in [6.07, 6.45) is 6.95. The van der Waals surface area contributed by atoms with Crippen molar-refractivity contribution in [1.29, 1.82) is 0 Å². The average molecular weight is 233 g/mol. The lowest BCUT2D eigenvalue weighted by molar-refractivity contribution is 0.0583. The maximum absolute atomic E-state index is 5.36. The first-order valence-electron chi connectivity index (χ1n) is 4.98. The Kier molecular flexibility index (Phi) is 2.75. The van der Waals surface area contributed by atoms with Crippen LogP contribution in [0.5, 0.6) is 0 Å². The van der Waals surface area contributed by atoms with Gasteiger partial charge in [-0.15, -0.1) is 0 Å². The Bertz CT molecular complexity index is 148. The van der Waals surface area contributed by atoms with Crippen LogP contribution < -0.4 is 0 Å². The molecule has 0 N–H and O–H groups in total. The molecule has 2 heteroatoms. The number of hydrogen-bond donors (Lipinski definition) is 0. The van der Waals surface area contributed by atoms with E-state index in [-0.39, 0.29) is 0 Å². The second-order valence-electron chi connectivity index (χ2n) is 4.39. The van der Waals surface area contributed by atoms with Crippen molar-refractivity contribution < 1.29 is 4.74 Å². The number of rotatable bonds is 3. The fraction of sp³-hybridized carbons (Fsp3) is 1.00. The molecule has 0 radical (unpaired) electrons. The van der Waals surface area contributed by atoms with Crippen molar-refractivity contribution in [2.75, 3.05) is 18.5 Å². The zero-order valence-electron chi connectivity index (χ0n) is 7.52. The molecule has 2 fully saturated rings. The molecule has 0 spiro atoms. The third-order valence-corrected chi connectivity index (χ3v) is 4.49. The van der Waals surface area contributed by atoms with Crippen LogP contribution in [0.25, 0.3) is 0 Å². The van der Waals surface area contributed by atoms with Crippen molar-refractivity contribution in [1.82, 2.24) is 0 Å². The fourth-order valence-electron chi connectivity index (χ4n) is 2.13. The van der Waals surface area contributed by atoms with Crippen LogP contribution in [0.1, 0.15) is 32.1 Å². The molecule has 1 saturated carbocycles. The highest BCUT2D eigenvalue weighted by Crippen LogP contribution is 2.52. The summed E-state index contributed by atoms with van der Waals surface area (Å²) < 4.78 is 5.36. The molecule has 1 heterocycles. The van der Waals surface area contributed by atoms with Crippen LogP contribution in [-0.2, 0) is 4.74 Å². The quantitative estimate of drug-likeness (QED) is 0.681. The van der Waals surface area contributed by atoms with Gasteiger partial charge in [0.15, 0.2) is 0 Å². The molecule has 0 aromatic carbocycles. The summed E-state index contributed by atoms with van der Waals surface area (Å²) in [5.41, 5.74) is 0.710. The lowest BCUT2D eigenvalue weighted by Gasteiger charge is -2.25. The molecule has 0 aromatic rings. The lowest BCUT2D eigenvalue weighted by atomic mass is 9.88. The molecule has 1 aliphatic carbocycles. The summed E-state index contributed by atoms with van der Waals surface area (Å²) in [6.45, 7) is 2.01. The molecule has 2 aliphatic rings. The molecule has 12 heavy (non-hydrogen) atoms. The maximum Gasteiger partial charge on any atom is 0.0468 e. The third-order valence-electron chi connectivity index (χ3n) is 3.30. The van der Waals surface area contributed by atoms with Crippen molar-refractivity contribution in [3.63, 3.8) is 0 Å². The summed E-state index contributed by atoms with van der Waals surface area (Å²) in [7, 11) is 0. The van der Waals surface area contributed by atoms with Gasteiger partial charge in [-0.3, -0.25) is 0 Å². The van der Waals surface area contributed by atoms with Gasteiger partial charge in [-0.1, -0.05) is 15.9 Å². The van der Waals surface area contributed by atoms with E-state index in [0.717, 1.165) is 19.1 Å². The predicted octanol–water partition coefficient (Wildman–Crippen LogP) is 2.98. The zero-order chi connectivity index (χ0) is 8.44. The van der Waals surface area contributed by atoms with Crippen molar-refractivity contribution in [3.05, 3.63) is 0 Å². The first-order valence-corrected chi connectivity index (χ1v) is 6.11. The summed E-state index contributed by atoms with van der Waals surface area (Å²) >= 11 is 3.63. The van der Waals surface area contributed by atoms with Gasteiger partial charge in [0, 0.05) is 18.5 Å².